The molecular formula is C18H23N3O2. The number of unbranched alkanes of at least 4 members (excludes halogenated alkanes) is 1. The lowest BCUT2D eigenvalue weighted by atomic mass is 10.1. The summed E-state index contributed by atoms with van der Waals surface area (Å²) in [6.07, 6.45) is 3.63. The van der Waals surface area contributed by atoms with Crippen LogP contribution in [0.2, 0.25) is 0 Å². The molecule has 5 nitrogen and oxygen atoms in total. The van der Waals surface area contributed by atoms with Crippen molar-refractivity contribution in [3.63, 3.8) is 0 Å². The maximum absolute atomic E-state index is 12.1. The summed E-state index contributed by atoms with van der Waals surface area (Å²) in [5, 5.41) is 6.99. The summed E-state index contributed by atoms with van der Waals surface area (Å²) in [6.45, 7) is 3.18. The number of nitrogens with zero attached hydrogens (tertiary/aromatic N) is 2. The molecule has 2 rings (SSSR count). The predicted molar refractivity (Wildman–Crippen MR) is 90.5 cm³/mol. The van der Waals surface area contributed by atoms with Crippen molar-refractivity contribution >= 4 is 5.91 Å². The second kappa shape index (κ2) is 8.88. The third kappa shape index (κ3) is 5.36. The first-order chi connectivity index (χ1) is 11.2. The van der Waals surface area contributed by atoms with Gasteiger partial charge in [-0.05, 0) is 30.9 Å². The average Bonchev–Trinajstić information content (AvgIpc) is 2.58. The van der Waals surface area contributed by atoms with Gasteiger partial charge in [0.1, 0.15) is 5.69 Å². The minimum Gasteiger partial charge on any atom is -0.351 e. The Labute approximate surface area is 136 Å². The largest absolute Gasteiger partial charge is 0.351 e. The molecule has 23 heavy (non-hydrogen) atoms. The van der Waals surface area contributed by atoms with Gasteiger partial charge >= 0.3 is 0 Å². The van der Waals surface area contributed by atoms with Gasteiger partial charge in [0.15, 0.2) is 0 Å². The maximum atomic E-state index is 12.1. The van der Waals surface area contributed by atoms with Crippen LogP contribution < -0.4 is 10.9 Å². The van der Waals surface area contributed by atoms with Gasteiger partial charge in [0, 0.05) is 19.2 Å². The van der Waals surface area contributed by atoms with Gasteiger partial charge in [0.05, 0.1) is 0 Å². The van der Waals surface area contributed by atoms with Crippen molar-refractivity contribution in [3.8, 4) is 0 Å². The standard InChI is InChI=1S/C18H23N3O2/c1-2-3-14-21-17(22)12-11-16(20-21)18(23)19-13-7-10-15-8-5-4-6-9-15/h4-6,8-9,11-12H,2-3,7,10,13-14H2,1H3,(H,19,23). The van der Waals surface area contributed by atoms with Gasteiger partial charge in [-0.25, -0.2) is 4.68 Å². The summed E-state index contributed by atoms with van der Waals surface area (Å²) in [5.74, 6) is -0.233. The molecule has 1 heterocycles. The van der Waals surface area contributed by atoms with Crippen molar-refractivity contribution < 1.29 is 4.79 Å². The number of hydrogen-bond acceptors (Lipinski definition) is 3. The Kier molecular flexibility index (Phi) is 6.54. The zero-order valence-electron chi connectivity index (χ0n) is 13.5. The van der Waals surface area contributed by atoms with Crippen molar-refractivity contribution in [1.29, 1.82) is 0 Å². The van der Waals surface area contributed by atoms with Gasteiger partial charge in [0.2, 0.25) is 0 Å². The fraction of sp³-hybridized carbons (Fsp3) is 0.389. The number of hydrogen-bond donors (Lipinski definition) is 1. The molecule has 0 aliphatic rings. The Morgan fingerprint density at radius 2 is 1.91 bits per heavy atom. The smallest absolute Gasteiger partial charge is 0.271 e. The fourth-order valence-electron chi connectivity index (χ4n) is 2.27. The quantitative estimate of drug-likeness (QED) is 0.761. The van der Waals surface area contributed by atoms with E-state index in [9.17, 15) is 9.59 Å². The first-order valence-electron chi connectivity index (χ1n) is 8.11. The highest BCUT2D eigenvalue weighted by atomic mass is 16.2. The highest BCUT2D eigenvalue weighted by Crippen LogP contribution is 2.01. The van der Waals surface area contributed by atoms with E-state index in [4.69, 9.17) is 0 Å². The third-order valence-electron chi connectivity index (χ3n) is 3.59. The predicted octanol–water partition coefficient (Wildman–Crippen LogP) is 2.41. The van der Waals surface area contributed by atoms with Crippen LogP contribution in [0, 0.1) is 0 Å². The zero-order chi connectivity index (χ0) is 16.5. The summed E-state index contributed by atoms with van der Waals surface area (Å²) in [7, 11) is 0. The van der Waals surface area contributed by atoms with Gasteiger partial charge in [-0.15, -0.1) is 0 Å². The van der Waals surface area contributed by atoms with Crippen LogP contribution in [0.1, 0.15) is 42.2 Å². The number of carbonyl (C=O) groups is 1. The Morgan fingerprint density at radius 1 is 1.13 bits per heavy atom. The van der Waals surface area contributed by atoms with Crippen LogP contribution in [0.5, 0.6) is 0 Å². The topological polar surface area (TPSA) is 64.0 Å². The monoisotopic (exact) mass is 313 g/mol. The van der Waals surface area contributed by atoms with Crippen molar-refractivity contribution in [2.24, 2.45) is 0 Å². The van der Waals surface area contributed by atoms with Crippen molar-refractivity contribution in [2.45, 2.75) is 39.2 Å². The molecule has 1 amide bonds. The van der Waals surface area contributed by atoms with Gasteiger partial charge in [0.25, 0.3) is 11.5 Å². The van der Waals surface area contributed by atoms with Crippen LogP contribution in [0.25, 0.3) is 0 Å². The average molecular weight is 313 g/mol. The molecule has 0 aliphatic heterocycles. The molecule has 1 aromatic heterocycles. The molecule has 2 aromatic rings. The van der Waals surface area contributed by atoms with E-state index in [0.717, 1.165) is 25.7 Å². The lowest BCUT2D eigenvalue weighted by Gasteiger charge is -2.07. The highest BCUT2D eigenvalue weighted by molar-refractivity contribution is 5.91. The molecule has 0 spiro atoms. The molecule has 0 aliphatic carbocycles. The Bertz CT molecular complexity index is 680. The molecule has 0 fully saturated rings. The lowest BCUT2D eigenvalue weighted by molar-refractivity contribution is 0.0945. The molecule has 5 heteroatoms. The molecule has 1 aromatic carbocycles. The number of nitrogens with one attached hydrogen (secondary N) is 1. The van der Waals surface area contributed by atoms with Crippen molar-refractivity contribution in [1.82, 2.24) is 15.1 Å². The van der Waals surface area contributed by atoms with Gasteiger partial charge in [-0.2, -0.15) is 5.10 Å². The first-order valence-corrected chi connectivity index (χ1v) is 8.11. The molecule has 122 valence electrons. The van der Waals surface area contributed by atoms with Crippen molar-refractivity contribution in [3.05, 3.63) is 64.1 Å². The summed E-state index contributed by atoms with van der Waals surface area (Å²) in [4.78, 5) is 23.8. The van der Waals surface area contributed by atoms with Crippen LogP contribution in [0.15, 0.2) is 47.3 Å². The van der Waals surface area contributed by atoms with E-state index >= 15 is 0 Å². The van der Waals surface area contributed by atoms with Crippen LogP contribution in [-0.4, -0.2) is 22.2 Å². The molecule has 0 unspecified atom stereocenters. The van der Waals surface area contributed by atoms with E-state index in [1.807, 2.05) is 25.1 Å². The summed E-state index contributed by atoms with van der Waals surface area (Å²) in [5.41, 5.74) is 1.38. The van der Waals surface area contributed by atoms with Gasteiger partial charge < -0.3 is 5.32 Å². The first kappa shape index (κ1) is 16.9. The summed E-state index contributed by atoms with van der Waals surface area (Å²) >= 11 is 0. The van der Waals surface area contributed by atoms with Crippen molar-refractivity contribution in [2.75, 3.05) is 6.54 Å². The van der Waals surface area contributed by atoms with Gasteiger partial charge in [-0.1, -0.05) is 43.7 Å². The molecular weight excluding hydrogens is 290 g/mol. The number of benzene rings is 1. The summed E-state index contributed by atoms with van der Waals surface area (Å²) in [6, 6.07) is 13.1. The van der Waals surface area contributed by atoms with Gasteiger partial charge in [-0.3, -0.25) is 9.59 Å². The zero-order valence-corrected chi connectivity index (χ0v) is 13.5. The Hall–Kier alpha value is -2.43. The molecule has 0 saturated carbocycles. The van der Waals surface area contributed by atoms with Crippen LogP contribution in [-0.2, 0) is 13.0 Å². The SMILES string of the molecule is CCCCn1nc(C(=O)NCCCc2ccccc2)ccc1=O. The van der Waals surface area contributed by atoms with Crippen LogP contribution in [0.4, 0.5) is 0 Å². The Balaban J connectivity index is 1.84. The molecule has 0 bridgehead atoms. The van der Waals surface area contributed by atoms with E-state index in [2.05, 4.69) is 22.5 Å². The second-order valence-electron chi connectivity index (χ2n) is 5.48. The number of aryl methyl sites for hydroxylation is 2. The summed E-state index contributed by atoms with van der Waals surface area (Å²) < 4.78 is 1.36. The van der Waals surface area contributed by atoms with Crippen LogP contribution >= 0.6 is 0 Å². The molecule has 1 N–H and O–H groups in total. The van der Waals surface area contributed by atoms with E-state index in [-0.39, 0.29) is 11.5 Å². The third-order valence-corrected chi connectivity index (χ3v) is 3.59. The molecule has 0 atom stereocenters. The minimum absolute atomic E-state index is 0.168. The molecule has 0 saturated heterocycles. The highest BCUT2D eigenvalue weighted by Gasteiger charge is 2.08. The molecule has 0 radical (unpaired) electrons. The minimum atomic E-state index is -0.233. The Morgan fingerprint density at radius 3 is 2.65 bits per heavy atom. The number of rotatable bonds is 8. The normalized spacial score (nSPS) is 10.5. The fourth-order valence-corrected chi connectivity index (χ4v) is 2.27. The van der Waals surface area contributed by atoms with E-state index in [1.165, 1.54) is 22.4 Å². The number of amides is 1. The van der Waals surface area contributed by atoms with Crippen LogP contribution in [0.3, 0.4) is 0 Å². The number of aromatic nitrogens is 2. The second-order valence-corrected chi connectivity index (χ2v) is 5.48. The lowest BCUT2D eigenvalue weighted by Crippen LogP contribution is -2.30. The van der Waals surface area contributed by atoms with E-state index in [1.54, 1.807) is 0 Å². The maximum Gasteiger partial charge on any atom is 0.271 e. The van der Waals surface area contributed by atoms with E-state index in [0.29, 0.717) is 18.8 Å². The van der Waals surface area contributed by atoms with E-state index < -0.39 is 0 Å². The number of carbonyl (C=O) groups excluding carboxylic acids is 1.